The first-order valence-corrected chi connectivity index (χ1v) is 7.01. The lowest BCUT2D eigenvalue weighted by Gasteiger charge is -2.07. The molecule has 0 amide bonds. The maximum atomic E-state index is 5.82. The van der Waals surface area contributed by atoms with Gasteiger partial charge in [-0.05, 0) is 18.6 Å². The molecule has 0 saturated carbocycles. The minimum absolute atomic E-state index is 0. The Morgan fingerprint density at radius 3 is 2.68 bits per heavy atom. The normalized spacial score (nSPS) is 10.2. The molecule has 4 nitrogen and oxygen atoms in total. The van der Waals surface area contributed by atoms with Crippen LogP contribution < -0.4 is 10.5 Å². The van der Waals surface area contributed by atoms with Gasteiger partial charge in [0.05, 0.1) is 16.8 Å². The van der Waals surface area contributed by atoms with Crippen molar-refractivity contribution in [3.8, 4) is 5.75 Å². The number of aryl methyl sites for hydroxylation is 1. The molecule has 0 radical (unpaired) electrons. The van der Waals surface area contributed by atoms with Crippen molar-refractivity contribution in [1.29, 1.82) is 0 Å². The number of nitrogens with two attached hydrogens (primary N) is 1. The lowest BCUT2D eigenvalue weighted by molar-refractivity contribution is 0.306. The van der Waals surface area contributed by atoms with Crippen molar-refractivity contribution in [1.82, 2.24) is 9.61 Å². The molecule has 3 rings (SSSR count). The van der Waals surface area contributed by atoms with Crippen molar-refractivity contribution in [2.75, 3.05) is 0 Å². The second kappa shape index (κ2) is 6.77. The van der Waals surface area contributed by atoms with Crippen LogP contribution in [0.3, 0.4) is 0 Å². The first kappa shape index (κ1) is 16.3. The molecule has 0 saturated heterocycles. The van der Waals surface area contributed by atoms with Gasteiger partial charge in [0.25, 0.3) is 0 Å². The van der Waals surface area contributed by atoms with Crippen LogP contribution in [0.25, 0.3) is 5.52 Å². The largest absolute Gasteiger partial charge is 0.489 e. The summed E-state index contributed by atoms with van der Waals surface area (Å²) >= 11 is 5.10. The average molecular weight is 334 g/mol. The van der Waals surface area contributed by atoms with E-state index in [2.05, 4.69) is 5.10 Å². The third kappa shape index (κ3) is 3.21. The molecule has 0 fully saturated rings. The Morgan fingerprint density at radius 1 is 1.27 bits per heavy atom. The summed E-state index contributed by atoms with van der Waals surface area (Å²) in [5.74, 6) is 0.767. The van der Waals surface area contributed by atoms with Crippen molar-refractivity contribution < 1.29 is 4.74 Å². The van der Waals surface area contributed by atoms with Gasteiger partial charge in [0.2, 0.25) is 0 Å². The monoisotopic (exact) mass is 333 g/mol. The molecule has 2 heterocycles. The highest BCUT2D eigenvalue weighted by Crippen LogP contribution is 2.21. The number of ether oxygens (including phenoxy) is 1. The molecular weight excluding hydrogens is 318 g/mol. The van der Waals surface area contributed by atoms with Crippen LogP contribution in [0.5, 0.6) is 5.75 Å². The van der Waals surface area contributed by atoms with Gasteiger partial charge >= 0.3 is 0 Å². The van der Waals surface area contributed by atoms with Gasteiger partial charge in [-0.3, -0.25) is 0 Å². The number of pyridine rings is 1. The van der Waals surface area contributed by atoms with Gasteiger partial charge in [0.15, 0.2) is 0 Å². The Morgan fingerprint density at radius 2 is 2.00 bits per heavy atom. The number of hydrogen-bond acceptors (Lipinski definition) is 3. The van der Waals surface area contributed by atoms with Crippen molar-refractivity contribution in [3.63, 3.8) is 0 Å². The topological polar surface area (TPSA) is 52.5 Å². The number of fused-ring (bicyclic) bond motifs is 1. The maximum Gasteiger partial charge on any atom is 0.123 e. The van der Waals surface area contributed by atoms with Crippen molar-refractivity contribution in [2.24, 2.45) is 5.73 Å². The summed E-state index contributed by atoms with van der Waals surface area (Å²) in [5.41, 5.74) is 9.39. The molecule has 114 valence electrons. The number of thiocarbonyl (C=S) groups is 1. The summed E-state index contributed by atoms with van der Waals surface area (Å²) in [7, 11) is 0. The molecular formula is C16H16ClN3OS. The lowest BCUT2D eigenvalue weighted by Crippen LogP contribution is -2.10. The van der Waals surface area contributed by atoms with Crippen LogP contribution >= 0.6 is 24.6 Å². The van der Waals surface area contributed by atoms with Crippen LogP contribution in [0, 0.1) is 6.92 Å². The van der Waals surface area contributed by atoms with Crippen LogP contribution in [0.15, 0.2) is 48.7 Å². The van der Waals surface area contributed by atoms with Crippen molar-refractivity contribution in [2.45, 2.75) is 13.5 Å². The molecule has 0 bridgehead atoms. The number of nitrogens with zero attached hydrogens (tertiary/aromatic N) is 2. The minimum Gasteiger partial charge on any atom is -0.489 e. The van der Waals surface area contributed by atoms with Gasteiger partial charge in [-0.25, -0.2) is 4.52 Å². The summed E-state index contributed by atoms with van der Waals surface area (Å²) in [6, 6.07) is 13.8. The van der Waals surface area contributed by atoms with Gasteiger partial charge in [0.1, 0.15) is 17.3 Å². The first-order valence-electron chi connectivity index (χ1n) is 6.60. The van der Waals surface area contributed by atoms with Crippen LogP contribution in [-0.4, -0.2) is 14.6 Å². The van der Waals surface area contributed by atoms with Crippen LogP contribution in [0.2, 0.25) is 0 Å². The molecule has 0 aliphatic carbocycles. The Bertz CT molecular complexity index is 802. The van der Waals surface area contributed by atoms with E-state index in [1.165, 1.54) is 0 Å². The van der Waals surface area contributed by atoms with Crippen LogP contribution in [0.1, 0.15) is 16.8 Å². The number of aromatic nitrogens is 2. The highest BCUT2D eigenvalue weighted by Gasteiger charge is 2.12. The number of halogens is 1. The molecule has 0 unspecified atom stereocenters. The van der Waals surface area contributed by atoms with E-state index in [0.29, 0.717) is 11.6 Å². The number of rotatable bonds is 4. The SMILES string of the molecule is Cc1nn2ccc(OCc3ccccc3)cc2c1C(N)=S.Cl. The highest BCUT2D eigenvalue weighted by atomic mass is 35.5. The van der Waals surface area contributed by atoms with Gasteiger partial charge < -0.3 is 10.5 Å². The number of benzene rings is 1. The Balaban J connectivity index is 0.00000176. The van der Waals surface area contributed by atoms with Gasteiger partial charge in [0, 0.05) is 12.3 Å². The molecule has 2 aromatic heterocycles. The van der Waals surface area contributed by atoms with Crippen LogP contribution in [-0.2, 0) is 6.61 Å². The number of hydrogen-bond donors (Lipinski definition) is 1. The zero-order valence-corrected chi connectivity index (χ0v) is 13.7. The molecule has 22 heavy (non-hydrogen) atoms. The Labute approximate surface area is 140 Å². The minimum atomic E-state index is 0. The fourth-order valence-corrected chi connectivity index (χ4v) is 2.53. The van der Waals surface area contributed by atoms with E-state index in [-0.39, 0.29) is 12.4 Å². The predicted octanol–water partition coefficient (Wildman–Crippen LogP) is 3.28. The average Bonchev–Trinajstić information content (AvgIpc) is 2.81. The third-order valence-electron chi connectivity index (χ3n) is 3.28. The molecule has 3 aromatic rings. The van der Waals surface area contributed by atoms with E-state index < -0.39 is 0 Å². The third-order valence-corrected chi connectivity index (χ3v) is 3.48. The summed E-state index contributed by atoms with van der Waals surface area (Å²) in [6.45, 7) is 2.42. The quantitative estimate of drug-likeness (QED) is 0.744. The fourth-order valence-electron chi connectivity index (χ4n) is 2.28. The predicted molar refractivity (Wildman–Crippen MR) is 93.8 cm³/mol. The second-order valence-corrected chi connectivity index (χ2v) is 5.23. The van der Waals surface area contributed by atoms with Gasteiger partial charge in [-0.1, -0.05) is 42.5 Å². The zero-order chi connectivity index (χ0) is 14.8. The Hall–Kier alpha value is -2.11. The molecule has 0 aliphatic heterocycles. The fraction of sp³-hybridized carbons (Fsp3) is 0.125. The van der Waals surface area contributed by atoms with E-state index in [4.69, 9.17) is 22.7 Å². The Kier molecular flexibility index (Phi) is 5.00. The first-order chi connectivity index (χ1) is 10.1. The van der Waals surface area contributed by atoms with Crippen LogP contribution in [0.4, 0.5) is 0 Å². The van der Waals surface area contributed by atoms with Crippen molar-refractivity contribution in [3.05, 3.63) is 65.5 Å². The molecule has 0 spiro atoms. The molecule has 0 atom stereocenters. The molecule has 1 aromatic carbocycles. The standard InChI is InChI=1S/C16H15N3OS.ClH/c1-11-15(16(17)21)14-9-13(7-8-19(14)18-11)20-10-12-5-3-2-4-6-12;/h2-9H,10H2,1H3,(H2,17,21);1H. The van der Waals surface area contributed by atoms with E-state index in [0.717, 1.165) is 28.1 Å². The van der Waals surface area contributed by atoms with Gasteiger partial charge in [-0.2, -0.15) is 5.10 Å². The molecule has 6 heteroatoms. The van der Waals surface area contributed by atoms with Gasteiger partial charge in [-0.15, -0.1) is 12.4 Å². The summed E-state index contributed by atoms with van der Waals surface area (Å²) < 4.78 is 7.58. The molecule has 0 aliphatic rings. The van der Waals surface area contributed by atoms with E-state index in [1.807, 2.05) is 55.6 Å². The second-order valence-electron chi connectivity index (χ2n) is 4.79. The summed E-state index contributed by atoms with van der Waals surface area (Å²) in [5, 5.41) is 4.39. The lowest BCUT2D eigenvalue weighted by atomic mass is 10.2. The highest BCUT2D eigenvalue weighted by molar-refractivity contribution is 7.80. The summed E-state index contributed by atoms with van der Waals surface area (Å²) in [4.78, 5) is 0.350. The van der Waals surface area contributed by atoms with Crippen molar-refractivity contribution >= 4 is 35.1 Å². The maximum absolute atomic E-state index is 5.82. The zero-order valence-electron chi connectivity index (χ0n) is 12.0. The van der Waals surface area contributed by atoms with E-state index >= 15 is 0 Å². The smallest absolute Gasteiger partial charge is 0.123 e. The van der Waals surface area contributed by atoms with E-state index in [1.54, 1.807) is 4.52 Å². The summed E-state index contributed by atoms with van der Waals surface area (Å²) in [6.07, 6.45) is 1.85. The molecule has 2 N–H and O–H groups in total. The van der Waals surface area contributed by atoms with E-state index in [9.17, 15) is 0 Å².